The summed E-state index contributed by atoms with van der Waals surface area (Å²) in [5.41, 5.74) is -0.690. The van der Waals surface area contributed by atoms with E-state index in [-0.39, 0.29) is 6.61 Å². The van der Waals surface area contributed by atoms with Crippen molar-refractivity contribution in [2.75, 3.05) is 6.61 Å². The van der Waals surface area contributed by atoms with E-state index in [4.69, 9.17) is 74.3 Å². The van der Waals surface area contributed by atoms with Crippen molar-refractivity contribution >= 4 is 75.4 Å². The molecule has 6 atom stereocenters. The predicted octanol–water partition coefficient (Wildman–Crippen LogP) is 3.15. The fourth-order valence-corrected chi connectivity index (χ4v) is 6.32. The van der Waals surface area contributed by atoms with Gasteiger partial charge in [0.05, 0.1) is 6.61 Å². The van der Waals surface area contributed by atoms with Gasteiger partial charge in [0.25, 0.3) is 0 Å². The normalized spacial score (nSPS) is 59.8. The molecule has 8 heteroatoms. The van der Waals surface area contributed by atoms with Crippen molar-refractivity contribution in [2.24, 2.45) is 11.8 Å². The van der Waals surface area contributed by atoms with Gasteiger partial charge in [-0.05, 0) is 0 Å². The molecule has 17 heavy (non-hydrogen) atoms. The molecule has 2 aliphatic carbocycles. The number of ether oxygens (including phenoxy) is 1. The summed E-state index contributed by atoms with van der Waals surface area (Å²) in [5, 5.41) is -1.07. The number of halogens is 6. The van der Waals surface area contributed by atoms with Gasteiger partial charge in [-0.2, -0.15) is 0 Å². The van der Waals surface area contributed by atoms with Crippen LogP contribution in [-0.2, 0) is 9.53 Å². The van der Waals surface area contributed by atoms with Crippen LogP contribution in [0.1, 0.15) is 0 Å². The van der Waals surface area contributed by atoms with Gasteiger partial charge < -0.3 is 4.74 Å². The average molecular weight is 359 g/mol. The third kappa shape index (κ3) is 1.13. The smallest absolute Gasteiger partial charge is 0.176 e. The lowest BCUT2D eigenvalue weighted by atomic mass is 9.80. The van der Waals surface area contributed by atoms with Crippen molar-refractivity contribution in [3.63, 3.8) is 0 Å². The van der Waals surface area contributed by atoms with E-state index in [1.807, 2.05) is 0 Å². The summed E-state index contributed by atoms with van der Waals surface area (Å²) < 4.78 is 3.64. The fraction of sp³-hybridized carbons (Fsp3) is 0.889. The Morgan fingerprint density at radius 2 is 1.76 bits per heavy atom. The Kier molecular flexibility index (Phi) is 2.76. The molecule has 0 radical (unpaired) electrons. The molecule has 0 amide bonds. The van der Waals surface area contributed by atoms with Crippen molar-refractivity contribution in [1.82, 2.24) is 0 Å². The Bertz CT molecular complexity index is 414. The zero-order valence-corrected chi connectivity index (χ0v) is 12.6. The number of ketones is 1. The van der Waals surface area contributed by atoms with Crippen LogP contribution in [0.15, 0.2) is 0 Å². The van der Waals surface area contributed by atoms with Gasteiger partial charge in [0.2, 0.25) is 0 Å². The van der Waals surface area contributed by atoms with E-state index in [1.165, 1.54) is 0 Å². The molecule has 0 N–H and O–H groups in total. The van der Waals surface area contributed by atoms with Gasteiger partial charge in [0, 0.05) is 11.8 Å². The number of fused-ring (bicyclic) bond motifs is 5. The van der Waals surface area contributed by atoms with E-state index in [0.717, 1.165) is 0 Å². The summed E-state index contributed by atoms with van der Waals surface area (Å²) in [6.45, 7) is 0.202. The first-order valence-corrected chi connectivity index (χ1v) is 7.29. The van der Waals surface area contributed by atoms with Crippen LogP contribution >= 0.6 is 69.6 Å². The number of hydrogen-bond acceptors (Lipinski definition) is 2. The summed E-state index contributed by atoms with van der Waals surface area (Å²) in [6.07, 6.45) is 0. The van der Waals surface area contributed by atoms with Crippen LogP contribution in [0.3, 0.4) is 0 Å². The van der Waals surface area contributed by atoms with Crippen molar-refractivity contribution in [2.45, 2.75) is 25.0 Å². The average Bonchev–Trinajstić information content (AvgIpc) is 2.73. The Balaban J connectivity index is 2.25. The number of carbonyl (C=O) groups is 1. The molecule has 3 rings (SSSR count). The molecule has 0 spiro atoms. The highest BCUT2D eigenvalue weighted by Gasteiger charge is 2.88. The van der Waals surface area contributed by atoms with Crippen molar-refractivity contribution in [3.8, 4) is 0 Å². The molecule has 1 heterocycles. The quantitative estimate of drug-likeness (QED) is 0.622. The summed E-state index contributed by atoms with van der Waals surface area (Å²) in [6, 6.07) is 0. The SMILES string of the molecule is O=C1C(Cl)C2(Cl)C3C(Cl)OCC3C1(Cl)C2(Cl)Cl. The highest BCUT2D eigenvalue weighted by molar-refractivity contribution is 6.67. The van der Waals surface area contributed by atoms with E-state index >= 15 is 0 Å². The molecule has 3 aliphatic rings. The number of alkyl halides is 6. The number of rotatable bonds is 0. The first kappa shape index (κ1) is 13.4. The summed E-state index contributed by atoms with van der Waals surface area (Å²) in [4.78, 5) is 9.21. The standard InChI is InChI=1S/C9H6Cl6O2/c10-4-5(16)7(12)2-1-17-6(11)3(2)8(4,13)9(7,14)15/h2-4,6H,1H2. The van der Waals surface area contributed by atoms with Crippen LogP contribution in [0.2, 0.25) is 0 Å². The van der Waals surface area contributed by atoms with Gasteiger partial charge in [-0.25, -0.2) is 0 Å². The first-order valence-electron chi connectivity index (χ1n) is 4.90. The lowest BCUT2D eigenvalue weighted by Crippen LogP contribution is -2.50. The zero-order chi connectivity index (χ0) is 12.8. The summed E-state index contributed by atoms with van der Waals surface area (Å²) in [7, 11) is 0. The third-order valence-electron chi connectivity index (χ3n) is 4.04. The van der Waals surface area contributed by atoms with E-state index in [2.05, 4.69) is 0 Å². The monoisotopic (exact) mass is 356 g/mol. The second-order valence-corrected chi connectivity index (χ2v) is 8.01. The van der Waals surface area contributed by atoms with Gasteiger partial charge in [-0.15, -0.1) is 34.8 Å². The summed E-state index contributed by atoms with van der Waals surface area (Å²) in [5.74, 6) is -1.31. The molecular formula is C9H6Cl6O2. The Morgan fingerprint density at radius 1 is 1.18 bits per heavy atom. The van der Waals surface area contributed by atoms with Gasteiger partial charge in [0.1, 0.15) is 20.7 Å². The molecule has 0 aromatic carbocycles. The largest absolute Gasteiger partial charge is 0.362 e. The lowest BCUT2D eigenvalue weighted by molar-refractivity contribution is -0.122. The Labute approximate surface area is 128 Å². The maximum atomic E-state index is 12.1. The maximum Gasteiger partial charge on any atom is 0.176 e. The highest BCUT2D eigenvalue weighted by atomic mass is 35.5. The van der Waals surface area contributed by atoms with Crippen molar-refractivity contribution < 1.29 is 9.53 Å². The van der Waals surface area contributed by atoms with E-state index in [0.29, 0.717) is 0 Å². The van der Waals surface area contributed by atoms with E-state index in [1.54, 1.807) is 0 Å². The third-order valence-corrected chi connectivity index (χ3v) is 8.21. The zero-order valence-electron chi connectivity index (χ0n) is 8.10. The van der Waals surface area contributed by atoms with E-state index < -0.39 is 42.6 Å². The lowest BCUT2D eigenvalue weighted by Gasteiger charge is -2.35. The van der Waals surface area contributed by atoms with Gasteiger partial charge >= 0.3 is 0 Å². The maximum absolute atomic E-state index is 12.1. The molecule has 1 saturated heterocycles. The number of hydrogen-bond donors (Lipinski definition) is 0. The molecule has 2 bridgehead atoms. The van der Waals surface area contributed by atoms with Gasteiger partial charge in [-0.3, -0.25) is 4.79 Å². The minimum Gasteiger partial charge on any atom is -0.362 e. The molecule has 0 aromatic heterocycles. The first-order chi connectivity index (χ1) is 7.70. The second kappa shape index (κ2) is 3.52. The van der Waals surface area contributed by atoms with Crippen molar-refractivity contribution in [3.05, 3.63) is 0 Å². The molecule has 2 nitrogen and oxygen atoms in total. The topological polar surface area (TPSA) is 26.3 Å². The molecule has 2 saturated carbocycles. The van der Waals surface area contributed by atoms with Crippen LogP contribution < -0.4 is 0 Å². The second-order valence-electron chi connectivity index (χ2n) is 4.60. The van der Waals surface area contributed by atoms with Crippen LogP contribution in [0.25, 0.3) is 0 Å². The Hall–Kier alpha value is 1.37. The van der Waals surface area contributed by atoms with Crippen LogP contribution in [0.4, 0.5) is 0 Å². The molecule has 3 fully saturated rings. The number of carbonyl (C=O) groups excluding carboxylic acids is 1. The van der Waals surface area contributed by atoms with E-state index in [9.17, 15) is 4.79 Å². The fourth-order valence-electron chi connectivity index (χ4n) is 3.19. The minimum absolute atomic E-state index is 0.202. The minimum atomic E-state index is -1.65. The van der Waals surface area contributed by atoms with Gasteiger partial charge in [-0.1, -0.05) is 34.8 Å². The molecule has 96 valence electrons. The predicted molar refractivity (Wildman–Crippen MR) is 68.8 cm³/mol. The van der Waals surface area contributed by atoms with Gasteiger partial charge in [0.15, 0.2) is 10.1 Å². The summed E-state index contributed by atoms with van der Waals surface area (Å²) >= 11 is 37.4. The molecule has 0 aromatic rings. The molecular weight excluding hydrogens is 353 g/mol. The Morgan fingerprint density at radius 3 is 2.35 bits per heavy atom. The number of Topliss-reactive ketones (excluding diaryl/α,β-unsaturated/α-hetero) is 1. The van der Waals surface area contributed by atoms with Crippen molar-refractivity contribution in [1.29, 1.82) is 0 Å². The van der Waals surface area contributed by atoms with Crippen LogP contribution in [-0.4, -0.2) is 37.4 Å². The van der Waals surface area contributed by atoms with Crippen LogP contribution in [0, 0.1) is 11.8 Å². The van der Waals surface area contributed by atoms with Crippen LogP contribution in [0.5, 0.6) is 0 Å². The molecule has 1 aliphatic heterocycles. The highest BCUT2D eigenvalue weighted by Crippen LogP contribution is 2.74. The molecule has 6 unspecified atom stereocenters.